The molecule has 0 aromatic heterocycles. The van der Waals surface area contributed by atoms with E-state index >= 15 is 0 Å². The van der Waals surface area contributed by atoms with Gasteiger partial charge in [0.1, 0.15) is 5.75 Å². The van der Waals surface area contributed by atoms with Crippen LogP contribution in [0, 0.1) is 0 Å². The second-order valence-electron chi connectivity index (χ2n) is 7.00. The molecule has 0 aliphatic heterocycles. The molecule has 0 radical (unpaired) electrons. The van der Waals surface area contributed by atoms with Crippen LogP contribution in [0.5, 0.6) is 5.75 Å². The maximum Gasteiger partial charge on any atom is 0.305 e. The Kier molecular flexibility index (Phi) is 9.97. The molecule has 0 aliphatic carbocycles. The third-order valence-electron chi connectivity index (χ3n) is 4.00. The van der Waals surface area contributed by atoms with Crippen molar-refractivity contribution in [3.8, 4) is 5.75 Å². The molecule has 2 aromatic carbocycles. The summed E-state index contributed by atoms with van der Waals surface area (Å²) in [7, 11) is 0.756. The summed E-state index contributed by atoms with van der Waals surface area (Å²) in [6.07, 6.45) is 8.40. The molecule has 27 heavy (non-hydrogen) atoms. The molecule has 4 nitrogen and oxygen atoms in total. The van der Waals surface area contributed by atoms with Gasteiger partial charge in [0.05, 0.1) is 7.11 Å². The van der Waals surface area contributed by atoms with E-state index in [1.807, 2.05) is 12.1 Å². The van der Waals surface area contributed by atoms with Crippen LogP contribution in [-0.4, -0.2) is 43.5 Å². The van der Waals surface area contributed by atoms with Gasteiger partial charge in [0, 0.05) is 13.0 Å². The number of aromatic hydroxyl groups is 1. The summed E-state index contributed by atoms with van der Waals surface area (Å²) in [5.41, 5.74) is 2.57. The summed E-state index contributed by atoms with van der Waals surface area (Å²) in [5, 5.41) is 12.7. The highest BCUT2D eigenvalue weighted by Gasteiger charge is 2.06. The van der Waals surface area contributed by atoms with E-state index in [0.717, 1.165) is 19.5 Å². The molecule has 2 N–H and O–H groups in total. The number of nitrogens with one attached hydrogen (secondary N) is 1. The minimum atomic E-state index is -0.625. The zero-order valence-corrected chi connectivity index (χ0v) is 17.9. The Labute approximate surface area is 165 Å². The van der Waals surface area contributed by atoms with E-state index in [1.165, 1.54) is 23.1 Å². The molecule has 0 unspecified atom stereocenters. The zero-order chi connectivity index (χ0) is 20.3. The predicted octanol–water partition coefficient (Wildman–Crippen LogP) is 4.35. The third kappa shape index (κ3) is 9.50. The lowest BCUT2D eigenvalue weighted by molar-refractivity contribution is -0.140. The van der Waals surface area contributed by atoms with Crippen LogP contribution in [0.15, 0.2) is 53.4 Å². The summed E-state index contributed by atoms with van der Waals surface area (Å²) in [6.45, 7) is 3.60. The van der Waals surface area contributed by atoms with Crippen molar-refractivity contribution in [3.05, 3.63) is 59.7 Å². The van der Waals surface area contributed by atoms with Crippen LogP contribution in [0.25, 0.3) is 0 Å². The first-order chi connectivity index (χ1) is 12.8. The van der Waals surface area contributed by atoms with Crippen LogP contribution in [-0.2, 0) is 22.5 Å². The molecule has 0 atom stereocenters. The zero-order valence-electron chi connectivity index (χ0n) is 17.1. The lowest BCUT2D eigenvalue weighted by atomic mass is 10.1. The molecule has 0 saturated carbocycles. The standard InChI is InChI=1S/C18H25NOS.C4H8O2/c1-21(2,3)18-10-6-16(7-11-18)14-19-13-12-15-4-8-17(20)9-5-15;1-3-4(5)6-2/h4-11,19-20H,12-14H2,1-3H3;3H2,1-2H3. The fourth-order valence-electron chi connectivity index (χ4n) is 2.29. The molecule has 0 spiro atoms. The van der Waals surface area contributed by atoms with Crippen LogP contribution in [0.3, 0.4) is 0 Å². The SMILES string of the molecule is CCC(=O)OC.CS(C)(C)c1ccc(CNCCc2ccc(O)cc2)cc1. The fraction of sp³-hybridized carbons (Fsp3) is 0.409. The van der Waals surface area contributed by atoms with E-state index in [0.29, 0.717) is 12.2 Å². The van der Waals surface area contributed by atoms with E-state index in [4.69, 9.17) is 0 Å². The van der Waals surface area contributed by atoms with Crippen molar-refractivity contribution in [1.82, 2.24) is 5.32 Å². The van der Waals surface area contributed by atoms with Gasteiger partial charge in [-0.25, -0.2) is 10.0 Å². The van der Waals surface area contributed by atoms with E-state index < -0.39 is 10.0 Å². The minimum Gasteiger partial charge on any atom is -0.508 e. The molecule has 2 aromatic rings. The van der Waals surface area contributed by atoms with Gasteiger partial charge < -0.3 is 15.2 Å². The smallest absolute Gasteiger partial charge is 0.305 e. The highest BCUT2D eigenvalue weighted by molar-refractivity contribution is 8.32. The second kappa shape index (κ2) is 11.7. The summed E-state index contributed by atoms with van der Waals surface area (Å²) < 4.78 is 4.26. The Balaban J connectivity index is 0.000000527. The highest BCUT2D eigenvalue weighted by atomic mass is 32.3. The van der Waals surface area contributed by atoms with Crippen LogP contribution >= 0.6 is 10.0 Å². The number of hydrogen-bond acceptors (Lipinski definition) is 4. The fourth-order valence-corrected chi connectivity index (χ4v) is 3.24. The van der Waals surface area contributed by atoms with Gasteiger partial charge in [0.15, 0.2) is 0 Å². The number of benzene rings is 2. The number of hydrogen-bond donors (Lipinski definition) is 2. The van der Waals surface area contributed by atoms with Crippen molar-refractivity contribution in [2.75, 3.05) is 32.4 Å². The maximum absolute atomic E-state index is 9.96. The van der Waals surface area contributed by atoms with Crippen LogP contribution in [0.4, 0.5) is 0 Å². The van der Waals surface area contributed by atoms with Crippen molar-refractivity contribution in [3.63, 3.8) is 0 Å². The van der Waals surface area contributed by atoms with Crippen LogP contribution in [0.1, 0.15) is 24.5 Å². The Morgan fingerprint density at radius 1 is 1.00 bits per heavy atom. The summed E-state index contributed by atoms with van der Waals surface area (Å²) >= 11 is 0. The first-order valence-corrected chi connectivity index (χ1v) is 11.9. The second-order valence-corrected chi connectivity index (χ2v) is 11.1. The van der Waals surface area contributed by atoms with Gasteiger partial charge in [-0.2, -0.15) is 0 Å². The largest absolute Gasteiger partial charge is 0.508 e. The quantitative estimate of drug-likeness (QED) is 0.544. The summed E-state index contributed by atoms with van der Waals surface area (Å²) in [6, 6.07) is 16.4. The van der Waals surface area contributed by atoms with Gasteiger partial charge >= 0.3 is 5.97 Å². The summed E-state index contributed by atoms with van der Waals surface area (Å²) in [4.78, 5) is 11.4. The number of carbonyl (C=O) groups excluding carboxylic acids is 1. The van der Waals surface area contributed by atoms with Gasteiger partial charge in [-0.15, -0.1) is 0 Å². The van der Waals surface area contributed by atoms with E-state index in [1.54, 1.807) is 19.1 Å². The maximum atomic E-state index is 9.96. The third-order valence-corrected chi connectivity index (χ3v) is 5.69. The van der Waals surface area contributed by atoms with E-state index in [9.17, 15) is 9.90 Å². The Morgan fingerprint density at radius 3 is 2.00 bits per heavy atom. The first kappa shape index (κ1) is 23.1. The van der Waals surface area contributed by atoms with Crippen LogP contribution in [0.2, 0.25) is 0 Å². The molecule has 0 bridgehead atoms. The van der Waals surface area contributed by atoms with Crippen molar-refractivity contribution in [1.29, 1.82) is 0 Å². The Bertz CT molecular complexity index is 670. The van der Waals surface area contributed by atoms with Gasteiger partial charge in [0.25, 0.3) is 0 Å². The summed E-state index contributed by atoms with van der Waals surface area (Å²) in [5.74, 6) is 0.169. The van der Waals surface area contributed by atoms with Gasteiger partial charge in [0.2, 0.25) is 0 Å². The number of methoxy groups -OCH3 is 1. The molecule has 0 fully saturated rings. The monoisotopic (exact) mass is 391 g/mol. The van der Waals surface area contributed by atoms with E-state index in [2.05, 4.69) is 53.1 Å². The number of rotatable bonds is 7. The van der Waals surface area contributed by atoms with E-state index in [-0.39, 0.29) is 5.97 Å². The molecule has 5 heteroatoms. The number of esters is 1. The number of carbonyl (C=O) groups is 1. The van der Waals surface area contributed by atoms with Crippen molar-refractivity contribution in [2.24, 2.45) is 0 Å². The molecule has 0 aliphatic rings. The first-order valence-electron chi connectivity index (χ1n) is 9.09. The Hall–Kier alpha value is -1.98. The van der Waals surface area contributed by atoms with Crippen molar-refractivity contribution < 1.29 is 14.6 Å². The van der Waals surface area contributed by atoms with Crippen molar-refractivity contribution in [2.45, 2.75) is 31.2 Å². The molecular formula is C22H33NO3S. The lowest BCUT2D eigenvalue weighted by Gasteiger charge is -2.25. The average molecular weight is 392 g/mol. The molecular weight excluding hydrogens is 358 g/mol. The van der Waals surface area contributed by atoms with Gasteiger partial charge in [-0.1, -0.05) is 31.2 Å². The molecule has 0 heterocycles. The number of phenolic OH excluding ortho intramolecular Hbond substituents is 1. The normalized spacial score (nSPS) is 11.3. The molecule has 0 saturated heterocycles. The lowest BCUT2D eigenvalue weighted by Crippen LogP contribution is -2.16. The number of phenols is 1. The van der Waals surface area contributed by atoms with Gasteiger partial charge in [-0.3, -0.25) is 4.79 Å². The Morgan fingerprint density at radius 2 is 1.56 bits per heavy atom. The van der Waals surface area contributed by atoms with Crippen molar-refractivity contribution >= 4 is 16.0 Å². The average Bonchev–Trinajstić information content (AvgIpc) is 2.66. The predicted molar refractivity (Wildman–Crippen MR) is 116 cm³/mol. The molecule has 2 rings (SSSR count). The highest BCUT2D eigenvalue weighted by Crippen LogP contribution is 2.44. The minimum absolute atomic E-state index is 0.157. The molecule has 150 valence electrons. The topological polar surface area (TPSA) is 58.6 Å². The number of ether oxygens (including phenoxy) is 1. The molecule has 0 amide bonds. The van der Waals surface area contributed by atoms with Crippen LogP contribution < -0.4 is 5.32 Å². The van der Waals surface area contributed by atoms with Gasteiger partial charge in [-0.05, 0) is 72.0 Å².